The molecule has 0 spiro atoms. The molecule has 0 amide bonds. The van der Waals surface area contributed by atoms with Crippen LogP contribution in [0.2, 0.25) is 5.15 Å². The fourth-order valence-electron chi connectivity index (χ4n) is 1.29. The number of rotatable bonds is 3. The molecule has 0 bridgehead atoms. The van der Waals surface area contributed by atoms with E-state index in [1.807, 2.05) is 6.92 Å². The van der Waals surface area contributed by atoms with Crippen LogP contribution in [-0.2, 0) is 13.5 Å². The summed E-state index contributed by atoms with van der Waals surface area (Å²) in [7, 11) is 1.76. The standard InChI is InChI=1S/C8H14ClN3O/c1-3-6-7(5(10)4-13)8(9)12(2)11-6/h5,13H,3-4,10H2,1-2H3. The molecule has 1 aromatic rings. The largest absolute Gasteiger partial charge is 0.394 e. The minimum Gasteiger partial charge on any atom is -0.394 e. The summed E-state index contributed by atoms with van der Waals surface area (Å²) in [6.45, 7) is 1.87. The van der Waals surface area contributed by atoms with Crippen molar-refractivity contribution < 1.29 is 5.11 Å². The number of hydrogen-bond donors (Lipinski definition) is 2. The average Bonchev–Trinajstić information content (AvgIpc) is 2.42. The fourth-order valence-corrected chi connectivity index (χ4v) is 1.58. The van der Waals surface area contributed by atoms with E-state index < -0.39 is 6.04 Å². The Morgan fingerprint density at radius 3 is 2.77 bits per heavy atom. The summed E-state index contributed by atoms with van der Waals surface area (Å²) in [5.41, 5.74) is 7.31. The van der Waals surface area contributed by atoms with Crippen molar-refractivity contribution in [1.82, 2.24) is 9.78 Å². The van der Waals surface area contributed by atoms with Crippen LogP contribution >= 0.6 is 11.6 Å². The topological polar surface area (TPSA) is 64.1 Å². The Morgan fingerprint density at radius 1 is 1.69 bits per heavy atom. The minimum absolute atomic E-state index is 0.113. The first kappa shape index (κ1) is 10.5. The lowest BCUT2D eigenvalue weighted by Gasteiger charge is -2.07. The van der Waals surface area contributed by atoms with Gasteiger partial charge in [-0.05, 0) is 6.42 Å². The van der Waals surface area contributed by atoms with E-state index in [4.69, 9.17) is 22.4 Å². The maximum absolute atomic E-state index is 8.92. The highest BCUT2D eigenvalue weighted by Crippen LogP contribution is 2.24. The summed E-state index contributed by atoms with van der Waals surface area (Å²) in [4.78, 5) is 0. The maximum Gasteiger partial charge on any atom is 0.131 e. The van der Waals surface area contributed by atoms with Gasteiger partial charge in [0.25, 0.3) is 0 Å². The van der Waals surface area contributed by atoms with Crippen molar-refractivity contribution in [1.29, 1.82) is 0 Å². The smallest absolute Gasteiger partial charge is 0.131 e. The van der Waals surface area contributed by atoms with Crippen molar-refractivity contribution in [3.63, 3.8) is 0 Å². The predicted molar refractivity (Wildman–Crippen MR) is 51.6 cm³/mol. The number of hydrogen-bond acceptors (Lipinski definition) is 3. The van der Waals surface area contributed by atoms with E-state index in [9.17, 15) is 0 Å². The van der Waals surface area contributed by atoms with Crippen molar-refractivity contribution in [2.24, 2.45) is 12.8 Å². The second-order valence-electron chi connectivity index (χ2n) is 2.92. The number of nitrogens with two attached hydrogens (primary N) is 1. The highest BCUT2D eigenvalue weighted by Gasteiger charge is 2.18. The number of aliphatic hydroxyl groups is 1. The highest BCUT2D eigenvalue weighted by molar-refractivity contribution is 6.30. The molecule has 4 nitrogen and oxygen atoms in total. The van der Waals surface area contributed by atoms with Crippen LogP contribution in [0.25, 0.3) is 0 Å². The number of aryl methyl sites for hydroxylation is 2. The van der Waals surface area contributed by atoms with E-state index in [2.05, 4.69) is 5.10 Å². The van der Waals surface area contributed by atoms with Gasteiger partial charge >= 0.3 is 0 Å². The monoisotopic (exact) mass is 203 g/mol. The van der Waals surface area contributed by atoms with Gasteiger partial charge in [-0.25, -0.2) is 0 Å². The molecule has 0 fully saturated rings. The molecule has 0 aromatic carbocycles. The van der Waals surface area contributed by atoms with Gasteiger partial charge in [-0.1, -0.05) is 18.5 Å². The first-order valence-electron chi connectivity index (χ1n) is 4.19. The lowest BCUT2D eigenvalue weighted by Crippen LogP contribution is -2.16. The van der Waals surface area contributed by atoms with E-state index in [-0.39, 0.29) is 6.61 Å². The molecule has 5 heteroatoms. The molecule has 1 unspecified atom stereocenters. The third-order valence-corrected chi connectivity index (χ3v) is 2.44. The van der Waals surface area contributed by atoms with Gasteiger partial charge in [0.15, 0.2) is 0 Å². The van der Waals surface area contributed by atoms with Crippen LogP contribution in [0.3, 0.4) is 0 Å². The minimum atomic E-state index is -0.434. The van der Waals surface area contributed by atoms with E-state index in [0.29, 0.717) is 5.15 Å². The van der Waals surface area contributed by atoms with Crippen LogP contribution in [0.5, 0.6) is 0 Å². The van der Waals surface area contributed by atoms with Gasteiger partial charge < -0.3 is 10.8 Å². The SMILES string of the molecule is CCc1nn(C)c(Cl)c1C(N)CO. The predicted octanol–water partition coefficient (Wildman–Crippen LogP) is 0.628. The van der Waals surface area contributed by atoms with Crippen molar-refractivity contribution in [2.75, 3.05) is 6.61 Å². The molecular formula is C8H14ClN3O. The molecule has 1 aromatic heterocycles. The van der Waals surface area contributed by atoms with Gasteiger partial charge in [-0.15, -0.1) is 0 Å². The van der Waals surface area contributed by atoms with Crippen LogP contribution in [0.15, 0.2) is 0 Å². The fraction of sp³-hybridized carbons (Fsp3) is 0.625. The Morgan fingerprint density at radius 2 is 2.31 bits per heavy atom. The molecule has 0 aliphatic heterocycles. The van der Waals surface area contributed by atoms with E-state index in [0.717, 1.165) is 17.7 Å². The van der Waals surface area contributed by atoms with Crippen molar-refractivity contribution in [3.8, 4) is 0 Å². The number of halogens is 1. The summed E-state index contributed by atoms with van der Waals surface area (Å²) in [5, 5.41) is 13.6. The van der Waals surface area contributed by atoms with Gasteiger partial charge in [-0.2, -0.15) is 5.10 Å². The lowest BCUT2D eigenvalue weighted by atomic mass is 10.1. The second kappa shape index (κ2) is 4.09. The number of aliphatic hydroxyl groups excluding tert-OH is 1. The van der Waals surface area contributed by atoms with Crippen LogP contribution < -0.4 is 5.73 Å². The first-order chi connectivity index (χ1) is 6.11. The molecule has 0 saturated carbocycles. The van der Waals surface area contributed by atoms with E-state index in [1.54, 1.807) is 11.7 Å². The normalized spacial score (nSPS) is 13.3. The third-order valence-electron chi connectivity index (χ3n) is 1.99. The molecule has 3 N–H and O–H groups in total. The molecule has 0 aliphatic carbocycles. The summed E-state index contributed by atoms with van der Waals surface area (Å²) in [5.74, 6) is 0. The zero-order valence-corrected chi connectivity index (χ0v) is 8.54. The van der Waals surface area contributed by atoms with E-state index >= 15 is 0 Å². The molecule has 1 rings (SSSR count). The van der Waals surface area contributed by atoms with Crippen LogP contribution in [-0.4, -0.2) is 21.5 Å². The van der Waals surface area contributed by atoms with Crippen molar-refractivity contribution in [3.05, 3.63) is 16.4 Å². The maximum atomic E-state index is 8.92. The number of aromatic nitrogens is 2. The highest BCUT2D eigenvalue weighted by atomic mass is 35.5. The summed E-state index contributed by atoms with van der Waals surface area (Å²) >= 11 is 5.98. The van der Waals surface area contributed by atoms with Gasteiger partial charge in [0.05, 0.1) is 18.3 Å². The Balaban J connectivity index is 3.15. The number of nitrogens with zero attached hydrogens (tertiary/aromatic N) is 2. The third kappa shape index (κ3) is 1.85. The molecular weight excluding hydrogens is 190 g/mol. The second-order valence-corrected chi connectivity index (χ2v) is 3.28. The summed E-state index contributed by atoms with van der Waals surface area (Å²) in [6, 6.07) is -0.434. The van der Waals surface area contributed by atoms with Gasteiger partial charge in [0.1, 0.15) is 5.15 Å². The zero-order chi connectivity index (χ0) is 10.0. The van der Waals surface area contributed by atoms with Gasteiger partial charge in [-0.3, -0.25) is 4.68 Å². The van der Waals surface area contributed by atoms with Crippen LogP contribution in [0.4, 0.5) is 0 Å². The van der Waals surface area contributed by atoms with Crippen molar-refractivity contribution in [2.45, 2.75) is 19.4 Å². The van der Waals surface area contributed by atoms with Crippen molar-refractivity contribution >= 4 is 11.6 Å². The molecule has 74 valence electrons. The molecule has 1 heterocycles. The zero-order valence-electron chi connectivity index (χ0n) is 7.79. The van der Waals surface area contributed by atoms with Crippen LogP contribution in [0.1, 0.15) is 24.2 Å². The summed E-state index contributed by atoms with van der Waals surface area (Å²) < 4.78 is 1.57. The Kier molecular flexibility index (Phi) is 3.30. The molecule has 13 heavy (non-hydrogen) atoms. The Hall–Kier alpha value is -0.580. The molecule has 0 aliphatic rings. The van der Waals surface area contributed by atoms with Crippen LogP contribution in [0, 0.1) is 0 Å². The van der Waals surface area contributed by atoms with E-state index in [1.165, 1.54) is 0 Å². The summed E-state index contributed by atoms with van der Waals surface area (Å²) in [6.07, 6.45) is 0.767. The quantitative estimate of drug-likeness (QED) is 0.758. The lowest BCUT2D eigenvalue weighted by molar-refractivity contribution is 0.267. The molecule has 1 atom stereocenters. The molecule has 0 radical (unpaired) electrons. The first-order valence-corrected chi connectivity index (χ1v) is 4.57. The Bertz CT molecular complexity index is 298. The molecule has 0 saturated heterocycles. The Labute approximate surface area is 82.3 Å². The average molecular weight is 204 g/mol. The van der Waals surface area contributed by atoms with Gasteiger partial charge in [0.2, 0.25) is 0 Å². The van der Waals surface area contributed by atoms with Gasteiger partial charge in [0, 0.05) is 12.6 Å².